The van der Waals surface area contributed by atoms with E-state index in [-0.39, 0.29) is 55.0 Å². The van der Waals surface area contributed by atoms with Crippen LogP contribution in [-0.4, -0.2) is 35.3 Å². The molecule has 400 valence electrons. The van der Waals surface area contributed by atoms with Crippen LogP contribution < -0.4 is 29.1 Å². The minimum Gasteiger partial charge on any atom is -0.488 e. The zero-order chi connectivity index (χ0) is 54.5. The summed E-state index contributed by atoms with van der Waals surface area (Å²) in [4.78, 5) is 32.7. The largest absolute Gasteiger partial charge is 0.488 e. The Morgan fingerprint density at radius 1 is 0.474 bits per heavy atom. The van der Waals surface area contributed by atoms with Crippen LogP contribution in [0.4, 0.5) is 34.1 Å². The van der Waals surface area contributed by atoms with Crippen LogP contribution in [-0.2, 0) is 48.0 Å². The molecule has 0 bridgehead atoms. The van der Waals surface area contributed by atoms with Gasteiger partial charge in [0.1, 0.15) is 24.7 Å². The van der Waals surface area contributed by atoms with Gasteiger partial charge in [0.2, 0.25) is 0 Å². The lowest BCUT2D eigenvalue weighted by atomic mass is 9.78. The highest BCUT2D eigenvalue weighted by atomic mass is 16.6. The van der Waals surface area contributed by atoms with Crippen LogP contribution >= 0.6 is 0 Å². The van der Waals surface area contributed by atoms with Crippen molar-refractivity contribution in [3.8, 4) is 11.5 Å². The molecule has 6 aromatic carbocycles. The normalized spacial score (nSPS) is 16.9. The summed E-state index contributed by atoms with van der Waals surface area (Å²) in [6.45, 7) is 30.4. The molecule has 0 unspecified atom stereocenters. The van der Waals surface area contributed by atoms with Gasteiger partial charge in [-0.1, -0.05) is 132 Å². The van der Waals surface area contributed by atoms with Gasteiger partial charge in [0, 0.05) is 59.6 Å². The number of nitro benzene ring substituents is 2. The fourth-order valence-electron chi connectivity index (χ4n) is 11.4. The summed E-state index contributed by atoms with van der Waals surface area (Å²) in [5.41, 5.74) is 13.2. The zero-order valence-electron chi connectivity index (χ0n) is 46.9. The lowest BCUT2D eigenvalue weighted by Gasteiger charge is -2.44. The number of rotatable bonds is 14. The van der Waals surface area contributed by atoms with Crippen molar-refractivity contribution in [3.05, 3.63) is 186 Å². The first-order valence-corrected chi connectivity index (χ1v) is 27.1. The molecule has 0 amide bonds. The van der Waals surface area contributed by atoms with E-state index in [1.807, 2.05) is 0 Å². The third-order valence-electron chi connectivity index (χ3n) is 15.7. The number of benzene rings is 6. The second kappa shape index (κ2) is 20.8. The van der Waals surface area contributed by atoms with Gasteiger partial charge in [0.25, 0.3) is 11.4 Å². The Kier molecular flexibility index (Phi) is 14.7. The minimum absolute atomic E-state index is 0.0638. The lowest BCUT2D eigenvalue weighted by Crippen LogP contribution is -2.55. The second-order valence-corrected chi connectivity index (χ2v) is 25.5. The lowest BCUT2D eigenvalue weighted by molar-refractivity contribution is -0.385. The topological polar surface area (TPSA) is 118 Å². The molecule has 12 heteroatoms. The molecular formula is C64H78N6O6. The summed E-state index contributed by atoms with van der Waals surface area (Å²) in [7, 11) is 0. The smallest absolute Gasteiger partial charge is 0.269 e. The summed E-state index contributed by atoms with van der Waals surface area (Å²) in [6, 6.07) is 41.0. The predicted molar refractivity (Wildman–Crippen MR) is 309 cm³/mol. The highest BCUT2D eigenvalue weighted by molar-refractivity contribution is 5.79. The second-order valence-electron chi connectivity index (χ2n) is 25.5. The summed E-state index contributed by atoms with van der Waals surface area (Å²) in [6.07, 6.45) is 4.47. The average molecular weight is 1030 g/mol. The summed E-state index contributed by atoms with van der Waals surface area (Å²) in [5, 5.41) is 23.0. The Labute approximate surface area is 450 Å². The van der Waals surface area contributed by atoms with Crippen LogP contribution in [0.25, 0.3) is 0 Å². The van der Waals surface area contributed by atoms with Gasteiger partial charge in [0.05, 0.1) is 58.0 Å². The van der Waals surface area contributed by atoms with Gasteiger partial charge in [-0.3, -0.25) is 20.2 Å². The molecule has 2 aliphatic heterocycles. The van der Waals surface area contributed by atoms with Gasteiger partial charge in [-0.25, -0.2) is 0 Å². The Bertz CT molecular complexity index is 2880. The van der Waals surface area contributed by atoms with Crippen molar-refractivity contribution in [2.24, 2.45) is 0 Å². The van der Waals surface area contributed by atoms with Gasteiger partial charge < -0.3 is 29.1 Å². The monoisotopic (exact) mass is 1030 g/mol. The molecule has 0 aromatic heterocycles. The van der Waals surface area contributed by atoms with E-state index in [9.17, 15) is 20.2 Å². The number of hydrogen-bond donors (Lipinski definition) is 0. The number of nitro groups is 2. The summed E-state index contributed by atoms with van der Waals surface area (Å²) in [5.74, 6) is 1.75. The Balaban J connectivity index is 1.04. The molecule has 0 N–H and O–H groups in total. The molecule has 76 heavy (non-hydrogen) atoms. The van der Waals surface area contributed by atoms with E-state index in [0.29, 0.717) is 26.3 Å². The summed E-state index contributed by atoms with van der Waals surface area (Å²) < 4.78 is 13.8. The number of nitrogens with zero attached hydrogens (tertiary/aromatic N) is 6. The van der Waals surface area contributed by atoms with E-state index >= 15 is 0 Å². The van der Waals surface area contributed by atoms with Crippen LogP contribution in [0, 0.1) is 20.2 Å². The van der Waals surface area contributed by atoms with E-state index in [1.54, 1.807) is 48.5 Å². The number of anilines is 4. The maximum absolute atomic E-state index is 11.5. The molecule has 3 aliphatic rings. The molecule has 9 rings (SSSR count). The molecule has 6 aromatic rings. The van der Waals surface area contributed by atoms with E-state index < -0.39 is 0 Å². The molecular weight excluding hydrogens is 949 g/mol. The molecule has 2 atom stereocenters. The third-order valence-corrected chi connectivity index (χ3v) is 15.7. The first kappa shape index (κ1) is 53.7. The van der Waals surface area contributed by atoms with Crippen molar-refractivity contribution in [3.63, 3.8) is 0 Å². The van der Waals surface area contributed by atoms with Gasteiger partial charge >= 0.3 is 0 Å². The van der Waals surface area contributed by atoms with Crippen molar-refractivity contribution >= 4 is 34.1 Å². The molecule has 0 radical (unpaired) electrons. The van der Waals surface area contributed by atoms with Crippen molar-refractivity contribution in [1.82, 2.24) is 0 Å². The fraction of sp³-hybridized carbons (Fsp3) is 0.438. The first-order chi connectivity index (χ1) is 35.8. The van der Waals surface area contributed by atoms with E-state index in [1.165, 1.54) is 33.9 Å². The predicted octanol–water partition coefficient (Wildman–Crippen LogP) is 15.4. The first-order valence-electron chi connectivity index (χ1n) is 27.1. The van der Waals surface area contributed by atoms with E-state index in [2.05, 4.69) is 175 Å². The number of ether oxygens (including phenoxy) is 2. The Morgan fingerprint density at radius 2 is 0.816 bits per heavy atom. The van der Waals surface area contributed by atoms with Crippen molar-refractivity contribution < 1.29 is 19.3 Å². The molecule has 0 saturated heterocycles. The number of non-ortho nitro benzene ring substituents is 2. The number of para-hydroxylation sites is 4. The molecule has 2 heterocycles. The molecule has 0 spiro atoms. The van der Waals surface area contributed by atoms with Crippen LogP contribution in [0.5, 0.6) is 11.5 Å². The molecule has 1 aliphatic carbocycles. The Morgan fingerprint density at radius 3 is 1.13 bits per heavy atom. The van der Waals surface area contributed by atoms with E-state index in [4.69, 9.17) is 9.47 Å². The molecule has 1 saturated carbocycles. The summed E-state index contributed by atoms with van der Waals surface area (Å²) >= 11 is 0. The Hall–Kier alpha value is -7.08. The number of fused-ring (bicyclic) bond motifs is 2. The molecule has 1 fully saturated rings. The van der Waals surface area contributed by atoms with Crippen LogP contribution in [0.3, 0.4) is 0 Å². The highest BCUT2D eigenvalue weighted by Crippen LogP contribution is 2.48. The standard InChI is InChI=1S/C64H78N6O6/c1-61(2,3)47-33-45(59(51(35-47)63(7,8)9)75-39-43-25-29-49(30-26-43)69(71)72)37-65-41-67(55-21-15-13-19-53(55)65)57-23-17-18-24-58(57)68-42-66(54-20-14-16-22-56(54)68)38-46-34-48(62(4,5)6)36-52(64(10,11)12)60(46)76-40-44-27-31-50(32-28-44)70(73)74/h13-16,19-22,25-36,57-58H,17-18,23-24,37-42H2,1-12H3/t57-,58-/m1/s1. The fourth-order valence-corrected chi connectivity index (χ4v) is 11.4. The van der Waals surface area contributed by atoms with Gasteiger partial charge in [-0.15, -0.1) is 0 Å². The zero-order valence-corrected chi connectivity index (χ0v) is 46.9. The quantitative estimate of drug-likeness (QED) is 0.0771. The third kappa shape index (κ3) is 11.4. The minimum atomic E-state index is -0.366. The van der Waals surface area contributed by atoms with Crippen molar-refractivity contribution in [1.29, 1.82) is 0 Å². The van der Waals surface area contributed by atoms with Crippen molar-refractivity contribution in [2.75, 3.05) is 32.9 Å². The number of hydrogen-bond acceptors (Lipinski definition) is 10. The maximum atomic E-state index is 11.5. The van der Waals surface area contributed by atoms with Crippen LogP contribution in [0.15, 0.2) is 121 Å². The van der Waals surface area contributed by atoms with Crippen molar-refractivity contribution in [2.45, 2.75) is 169 Å². The van der Waals surface area contributed by atoms with Gasteiger partial charge in [0.15, 0.2) is 0 Å². The van der Waals surface area contributed by atoms with Crippen LogP contribution in [0.2, 0.25) is 0 Å². The van der Waals surface area contributed by atoms with Gasteiger partial charge in [-0.05, 0) is 117 Å². The van der Waals surface area contributed by atoms with E-state index in [0.717, 1.165) is 83.9 Å². The van der Waals surface area contributed by atoms with Crippen LogP contribution in [0.1, 0.15) is 153 Å². The highest BCUT2D eigenvalue weighted by Gasteiger charge is 2.43. The average Bonchev–Trinajstić information content (AvgIpc) is 3.92. The molecule has 12 nitrogen and oxygen atoms in total. The SMILES string of the molecule is CC(C)(C)c1cc(CN2CN([C@@H]3CCCC[C@H]3N3CN(Cc4cc(C(C)(C)C)cc(C(C)(C)C)c4OCc4ccc([N+](=O)[O-])cc4)c4ccccc43)c3ccccc32)c(OCc2ccc([N+](=O)[O-])cc2)c(C(C)(C)C)c1. The maximum Gasteiger partial charge on any atom is 0.269 e. The van der Waals surface area contributed by atoms with Gasteiger partial charge in [-0.2, -0.15) is 0 Å².